The molecular weight excluding hydrogens is 284 g/mol. The van der Waals surface area contributed by atoms with E-state index in [4.69, 9.17) is 5.73 Å². The summed E-state index contributed by atoms with van der Waals surface area (Å²) in [4.78, 5) is 26.6. The van der Waals surface area contributed by atoms with Crippen molar-refractivity contribution in [1.82, 2.24) is 4.98 Å². The van der Waals surface area contributed by atoms with Crippen LogP contribution in [0.15, 0.2) is 9.98 Å². The first-order valence-corrected chi connectivity index (χ1v) is 5.75. The van der Waals surface area contributed by atoms with Gasteiger partial charge in [-0.15, -0.1) is 11.3 Å². The van der Waals surface area contributed by atoms with Gasteiger partial charge >= 0.3 is 5.97 Å². The number of Topliss-reactive ketones (excluding diaryl/α,β-unsaturated/α-hetero) is 1. The van der Waals surface area contributed by atoms with Crippen LogP contribution in [-0.4, -0.2) is 29.4 Å². The van der Waals surface area contributed by atoms with Crippen LogP contribution in [0.5, 0.6) is 0 Å². The second-order valence-electron chi connectivity index (χ2n) is 2.56. The van der Waals surface area contributed by atoms with Gasteiger partial charge < -0.3 is 10.5 Å². The van der Waals surface area contributed by atoms with E-state index in [1.165, 1.54) is 6.20 Å². The summed E-state index contributed by atoms with van der Waals surface area (Å²) in [7, 11) is 0. The number of hydrogen-bond acceptors (Lipinski definition) is 6. The molecule has 1 atom stereocenters. The minimum atomic E-state index is -1.29. The Labute approximate surface area is 98.8 Å². The van der Waals surface area contributed by atoms with Crippen molar-refractivity contribution in [1.29, 1.82) is 0 Å². The van der Waals surface area contributed by atoms with E-state index < -0.39 is 17.8 Å². The molecule has 0 aliphatic rings. The summed E-state index contributed by atoms with van der Waals surface area (Å²) in [6, 6.07) is -1.29. The summed E-state index contributed by atoms with van der Waals surface area (Å²) in [6.07, 6.45) is 1.48. The monoisotopic (exact) mass is 292 g/mol. The van der Waals surface area contributed by atoms with E-state index >= 15 is 0 Å². The van der Waals surface area contributed by atoms with Crippen LogP contribution in [0.25, 0.3) is 0 Å². The van der Waals surface area contributed by atoms with Crippen molar-refractivity contribution >= 4 is 39.0 Å². The van der Waals surface area contributed by atoms with E-state index in [1.54, 1.807) is 6.92 Å². The first-order valence-electron chi connectivity index (χ1n) is 4.14. The van der Waals surface area contributed by atoms with Gasteiger partial charge in [0.2, 0.25) is 5.78 Å². The maximum atomic E-state index is 11.6. The number of ketones is 1. The number of carbonyl (C=O) groups is 2. The van der Waals surface area contributed by atoms with Gasteiger partial charge in [-0.25, -0.2) is 9.78 Å². The maximum Gasteiger partial charge on any atom is 0.331 e. The first-order chi connectivity index (χ1) is 7.06. The summed E-state index contributed by atoms with van der Waals surface area (Å²) in [5, 5.41) is 0.197. The van der Waals surface area contributed by atoms with Crippen LogP contribution >= 0.6 is 27.3 Å². The molecule has 1 aromatic heterocycles. The molecule has 5 nitrogen and oxygen atoms in total. The fourth-order valence-electron chi connectivity index (χ4n) is 0.840. The minimum Gasteiger partial charge on any atom is -0.464 e. The van der Waals surface area contributed by atoms with E-state index in [0.29, 0.717) is 3.79 Å². The molecule has 2 N–H and O–H groups in total. The van der Waals surface area contributed by atoms with Crippen LogP contribution in [0.4, 0.5) is 0 Å². The molecule has 7 heteroatoms. The van der Waals surface area contributed by atoms with Crippen molar-refractivity contribution in [2.24, 2.45) is 5.73 Å². The molecule has 1 rings (SSSR count). The Morgan fingerprint density at radius 3 is 2.87 bits per heavy atom. The lowest BCUT2D eigenvalue weighted by molar-refractivity contribution is -0.143. The molecule has 1 unspecified atom stereocenters. The SMILES string of the molecule is CCOC(=O)C(N)C(=O)c1ncc(Br)s1. The fraction of sp³-hybridized carbons (Fsp3) is 0.375. The molecule has 0 aromatic carbocycles. The molecule has 15 heavy (non-hydrogen) atoms. The van der Waals surface area contributed by atoms with Crippen LogP contribution < -0.4 is 5.73 Å². The average Bonchev–Trinajstić information content (AvgIpc) is 2.63. The van der Waals surface area contributed by atoms with Gasteiger partial charge in [0.25, 0.3) is 0 Å². The summed E-state index contributed by atoms with van der Waals surface area (Å²) >= 11 is 4.29. The zero-order chi connectivity index (χ0) is 11.4. The van der Waals surface area contributed by atoms with Crippen LogP contribution in [0.2, 0.25) is 0 Å². The molecule has 0 saturated heterocycles. The Kier molecular flexibility index (Phi) is 4.37. The number of nitrogens with zero attached hydrogens (tertiary/aromatic N) is 1. The zero-order valence-electron chi connectivity index (χ0n) is 7.90. The second-order valence-corrected chi connectivity index (χ2v) is 4.97. The molecule has 0 radical (unpaired) electrons. The largest absolute Gasteiger partial charge is 0.464 e. The highest BCUT2D eigenvalue weighted by atomic mass is 79.9. The summed E-state index contributed by atoms with van der Waals surface area (Å²) in [6.45, 7) is 1.84. The van der Waals surface area contributed by atoms with E-state index in [1.807, 2.05) is 0 Å². The number of halogens is 1. The summed E-state index contributed by atoms with van der Waals surface area (Å²) in [5.41, 5.74) is 5.42. The average molecular weight is 293 g/mol. The van der Waals surface area contributed by atoms with Gasteiger partial charge in [-0.2, -0.15) is 0 Å². The van der Waals surface area contributed by atoms with Crippen molar-refractivity contribution in [3.05, 3.63) is 15.0 Å². The standard InChI is InChI=1S/C8H9BrN2O3S/c1-2-14-8(13)5(10)6(12)7-11-3-4(9)15-7/h3,5H,2,10H2,1H3. The van der Waals surface area contributed by atoms with Gasteiger partial charge in [-0.1, -0.05) is 0 Å². The van der Waals surface area contributed by atoms with E-state index in [-0.39, 0.29) is 11.6 Å². The Balaban J connectivity index is 2.72. The van der Waals surface area contributed by atoms with Crippen molar-refractivity contribution in [2.75, 3.05) is 6.61 Å². The Hall–Kier alpha value is -0.790. The molecule has 0 saturated carbocycles. The predicted octanol–water partition coefficient (Wildman–Crippen LogP) is 0.979. The number of nitrogens with two attached hydrogens (primary N) is 1. The molecular formula is C8H9BrN2O3S. The van der Waals surface area contributed by atoms with E-state index in [0.717, 1.165) is 11.3 Å². The van der Waals surface area contributed by atoms with E-state index in [2.05, 4.69) is 25.7 Å². The van der Waals surface area contributed by atoms with Gasteiger partial charge in [0.05, 0.1) is 16.6 Å². The lowest BCUT2D eigenvalue weighted by atomic mass is 10.2. The van der Waals surface area contributed by atoms with Gasteiger partial charge in [0, 0.05) is 0 Å². The van der Waals surface area contributed by atoms with Gasteiger partial charge in [-0.3, -0.25) is 4.79 Å². The zero-order valence-corrected chi connectivity index (χ0v) is 10.3. The number of ether oxygens (including phenoxy) is 1. The van der Waals surface area contributed by atoms with Crippen LogP contribution in [0.3, 0.4) is 0 Å². The highest BCUT2D eigenvalue weighted by Crippen LogP contribution is 2.20. The van der Waals surface area contributed by atoms with Crippen molar-refractivity contribution in [3.8, 4) is 0 Å². The van der Waals surface area contributed by atoms with Crippen molar-refractivity contribution in [2.45, 2.75) is 13.0 Å². The van der Waals surface area contributed by atoms with Gasteiger partial charge in [0.1, 0.15) is 0 Å². The normalized spacial score (nSPS) is 12.2. The first kappa shape index (κ1) is 12.3. The van der Waals surface area contributed by atoms with Crippen molar-refractivity contribution in [3.63, 3.8) is 0 Å². The molecule has 0 aliphatic heterocycles. The molecule has 0 aliphatic carbocycles. The second kappa shape index (κ2) is 5.34. The highest BCUT2D eigenvalue weighted by molar-refractivity contribution is 9.11. The molecule has 0 spiro atoms. The Morgan fingerprint density at radius 1 is 1.73 bits per heavy atom. The van der Waals surface area contributed by atoms with Crippen LogP contribution in [0.1, 0.15) is 16.7 Å². The molecule has 0 bridgehead atoms. The molecule has 82 valence electrons. The smallest absolute Gasteiger partial charge is 0.331 e. The van der Waals surface area contributed by atoms with Gasteiger partial charge in [-0.05, 0) is 22.9 Å². The van der Waals surface area contributed by atoms with E-state index in [9.17, 15) is 9.59 Å². The topological polar surface area (TPSA) is 82.3 Å². The predicted molar refractivity (Wildman–Crippen MR) is 58.8 cm³/mol. The minimum absolute atomic E-state index is 0.196. The maximum absolute atomic E-state index is 11.6. The van der Waals surface area contributed by atoms with Crippen LogP contribution in [-0.2, 0) is 9.53 Å². The quantitative estimate of drug-likeness (QED) is 0.508. The third kappa shape index (κ3) is 3.08. The number of carbonyl (C=O) groups excluding carboxylic acids is 2. The molecule has 1 aromatic rings. The van der Waals surface area contributed by atoms with Crippen molar-refractivity contribution < 1.29 is 14.3 Å². The molecule has 0 amide bonds. The molecule has 0 fully saturated rings. The summed E-state index contributed by atoms with van der Waals surface area (Å²) < 4.78 is 5.34. The Bertz CT molecular complexity index is 380. The number of esters is 1. The number of hydrogen-bond donors (Lipinski definition) is 1. The summed E-state index contributed by atoms with van der Waals surface area (Å²) in [5.74, 6) is -1.25. The third-order valence-electron chi connectivity index (χ3n) is 1.51. The third-order valence-corrected chi connectivity index (χ3v) is 3.00. The lowest BCUT2D eigenvalue weighted by Gasteiger charge is -2.06. The van der Waals surface area contributed by atoms with Gasteiger partial charge in [0.15, 0.2) is 11.0 Å². The number of aromatic nitrogens is 1. The lowest BCUT2D eigenvalue weighted by Crippen LogP contribution is -2.39. The van der Waals surface area contributed by atoms with Crippen LogP contribution in [0, 0.1) is 0 Å². The Morgan fingerprint density at radius 2 is 2.40 bits per heavy atom. The number of rotatable bonds is 4. The fourth-order valence-corrected chi connectivity index (χ4v) is 2.03. The number of thiazole rings is 1. The molecule has 1 heterocycles. The highest BCUT2D eigenvalue weighted by Gasteiger charge is 2.26.